The van der Waals surface area contributed by atoms with Crippen LogP contribution in [0.15, 0.2) is 53.9 Å². The van der Waals surface area contributed by atoms with Crippen LogP contribution in [0.2, 0.25) is 0 Å². The molecule has 1 aromatic heterocycles. The van der Waals surface area contributed by atoms with Crippen LogP contribution in [0.1, 0.15) is 10.5 Å². The van der Waals surface area contributed by atoms with Crippen molar-refractivity contribution in [3.05, 3.63) is 65.4 Å². The van der Waals surface area contributed by atoms with Gasteiger partial charge in [-0.2, -0.15) is 0 Å². The number of carbonyl (C=O) groups is 1. The molecule has 0 amide bonds. The Bertz CT molecular complexity index is 864. The Morgan fingerprint density at radius 3 is 2.48 bits per heavy atom. The van der Waals surface area contributed by atoms with Gasteiger partial charge in [0.15, 0.2) is 5.69 Å². The number of nitrogens with zero attached hydrogens (tertiary/aromatic N) is 1. The number of rotatable bonds is 7. The number of hydrogen-bond acceptors (Lipinski definition) is 5. The lowest BCUT2D eigenvalue weighted by molar-refractivity contribution is 0.0691. The fourth-order valence-electron chi connectivity index (χ4n) is 2.07. The van der Waals surface area contributed by atoms with Gasteiger partial charge < -0.3 is 14.6 Å². The molecule has 25 heavy (non-hydrogen) atoms. The quantitative estimate of drug-likeness (QED) is 0.643. The molecule has 0 radical (unpaired) electrons. The molecule has 1 heterocycles. The van der Waals surface area contributed by atoms with E-state index in [0.29, 0.717) is 29.7 Å². The SMILES string of the molecule is O=C(O)c1csc(-c2cccc(OCCOc3ccc(F)cc3)c2)n1. The number of thiazole rings is 1. The minimum Gasteiger partial charge on any atom is -0.490 e. The largest absolute Gasteiger partial charge is 0.490 e. The van der Waals surface area contributed by atoms with E-state index in [4.69, 9.17) is 14.6 Å². The fraction of sp³-hybridized carbons (Fsp3) is 0.111. The number of aromatic nitrogens is 1. The predicted molar refractivity (Wildman–Crippen MR) is 91.9 cm³/mol. The fourth-order valence-corrected chi connectivity index (χ4v) is 2.86. The third-order valence-electron chi connectivity index (χ3n) is 3.24. The van der Waals surface area contributed by atoms with Crippen LogP contribution < -0.4 is 9.47 Å². The first-order valence-corrected chi connectivity index (χ1v) is 8.30. The summed E-state index contributed by atoms with van der Waals surface area (Å²) in [4.78, 5) is 15.0. The van der Waals surface area contributed by atoms with Crippen LogP contribution in [-0.4, -0.2) is 29.3 Å². The van der Waals surface area contributed by atoms with E-state index in [1.165, 1.54) is 28.8 Å². The second-order valence-corrected chi connectivity index (χ2v) is 5.88. The molecule has 7 heteroatoms. The number of carboxylic acids is 1. The standard InChI is InChI=1S/C18H14FNO4S/c19-13-4-6-14(7-5-13)23-8-9-24-15-3-1-2-12(10-15)17-20-16(11-25-17)18(21)22/h1-7,10-11H,8-9H2,(H,21,22). The number of halogens is 1. The van der Waals surface area contributed by atoms with Crippen molar-refractivity contribution in [2.45, 2.75) is 0 Å². The second-order valence-electron chi connectivity index (χ2n) is 5.02. The van der Waals surface area contributed by atoms with E-state index in [-0.39, 0.29) is 11.5 Å². The van der Waals surface area contributed by atoms with Crippen LogP contribution in [0, 0.1) is 5.82 Å². The number of aromatic carboxylic acids is 1. The Balaban J connectivity index is 1.56. The molecule has 0 aliphatic carbocycles. The Morgan fingerprint density at radius 1 is 1.08 bits per heavy atom. The zero-order valence-electron chi connectivity index (χ0n) is 13.0. The Hall–Kier alpha value is -2.93. The van der Waals surface area contributed by atoms with Gasteiger partial charge in [0, 0.05) is 10.9 Å². The molecule has 3 aromatic rings. The van der Waals surface area contributed by atoms with Gasteiger partial charge in [-0.25, -0.2) is 14.2 Å². The van der Waals surface area contributed by atoms with Crippen molar-refractivity contribution in [3.63, 3.8) is 0 Å². The molecule has 1 N–H and O–H groups in total. The topological polar surface area (TPSA) is 68.7 Å². The molecule has 0 aliphatic rings. The van der Waals surface area contributed by atoms with Crippen molar-refractivity contribution in [2.75, 3.05) is 13.2 Å². The van der Waals surface area contributed by atoms with Gasteiger partial charge in [0.05, 0.1) is 0 Å². The summed E-state index contributed by atoms with van der Waals surface area (Å²) in [6, 6.07) is 13.0. The van der Waals surface area contributed by atoms with Gasteiger partial charge in [0.2, 0.25) is 0 Å². The smallest absolute Gasteiger partial charge is 0.355 e. The third-order valence-corrected chi connectivity index (χ3v) is 4.13. The average molecular weight is 359 g/mol. The maximum absolute atomic E-state index is 12.8. The normalized spacial score (nSPS) is 10.4. The molecule has 128 valence electrons. The van der Waals surface area contributed by atoms with Crippen molar-refractivity contribution in [2.24, 2.45) is 0 Å². The Labute approximate surface area is 147 Å². The van der Waals surface area contributed by atoms with Crippen LogP contribution in [-0.2, 0) is 0 Å². The summed E-state index contributed by atoms with van der Waals surface area (Å²) in [6.45, 7) is 0.634. The molecule has 0 saturated carbocycles. The summed E-state index contributed by atoms with van der Waals surface area (Å²) in [5, 5.41) is 11.1. The van der Waals surface area contributed by atoms with E-state index in [9.17, 15) is 9.18 Å². The van der Waals surface area contributed by atoms with Gasteiger partial charge in [-0.1, -0.05) is 12.1 Å². The van der Waals surface area contributed by atoms with Gasteiger partial charge in [0.25, 0.3) is 0 Å². The van der Waals surface area contributed by atoms with Crippen LogP contribution >= 0.6 is 11.3 Å². The highest BCUT2D eigenvalue weighted by Crippen LogP contribution is 2.27. The molecule has 2 aromatic carbocycles. The molecule has 0 aliphatic heterocycles. The number of carboxylic acid groups (broad SMARTS) is 1. The average Bonchev–Trinajstić information content (AvgIpc) is 3.11. The van der Waals surface area contributed by atoms with Crippen molar-refractivity contribution < 1.29 is 23.8 Å². The third kappa shape index (κ3) is 4.54. The summed E-state index contributed by atoms with van der Waals surface area (Å²) >= 11 is 1.26. The lowest BCUT2D eigenvalue weighted by atomic mass is 10.2. The van der Waals surface area contributed by atoms with E-state index >= 15 is 0 Å². The van der Waals surface area contributed by atoms with Crippen molar-refractivity contribution in [1.29, 1.82) is 0 Å². The number of hydrogen-bond donors (Lipinski definition) is 1. The molecular weight excluding hydrogens is 345 g/mol. The van der Waals surface area contributed by atoms with E-state index in [1.54, 1.807) is 24.3 Å². The summed E-state index contributed by atoms with van der Waals surface area (Å²) in [5.74, 6) is -0.156. The summed E-state index contributed by atoms with van der Waals surface area (Å²) < 4.78 is 23.9. The molecule has 3 rings (SSSR count). The number of benzene rings is 2. The van der Waals surface area contributed by atoms with Gasteiger partial charge in [-0.05, 0) is 36.4 Å². The van der Waals surface area contributed by atoms with E-state index in [1.807, 2.05) is 12.1 Å². The van der Waals surface area contributed by atoms with Crippen LogP contribution in [0.5, 0.6) is 11.5 Å². The summed E-state index contributed by atoms with van der Waals surface area (Å²) in [7, 11) is 0. The van der Waals surface area contributed by atoms with E-state index in [0.717, 1.165) is 5.56 Å². The maximum atomic E-state index is 12.8. The highest BCUT2D eigenvalue weighted by molar-refractivity contribution is 7.13. The maximum Gasteiger partial charge on any atom is 0.355 e. The molecular formula is C18H14FNO4S. The lowest BCUT2D eigenvalue weighted by Crippen LogP contribution is -2.09. The molecule has 0 atom stereocenters. The Kier molecular flexibility index (Phi) is 5.25. The highest BCUT2D eigenvalue weighted by Gasteiger charge is 2.10. The van der Waals surface area contributed by atoms with E-state index < -0.39 is 5.97 Å². The van der Waals surface area contributed by atoms with Crippen LogP contribution in [0.4, 0.5) is 4.39 Å². The molecule has 0 unspecified atom stereocenters. The lowest BCUT2D eigenvalue weighted by Gasteiger charge is -2.09. The van der Waals surface area contributed by atoms with Crippen molar-refractivity contribution in [3.8, 4) is 22.1 Å². The molecule has 0 bridgehead atoms. The first kappa shape index (κ1) is 16.9. The van der Waals surface area contributed by atoms with Gasteiger partial charge in [-0.15, -0.1) is 11.3 Å². The van der Waals surface area contributed by atoms with Crippen LogP contribution in [0.25, 0.3) is 10.6 Å². The molecule has 0 saturated heterocycles. The highest BCUT2D eigenvalue weighted by atomic mass is 32.1. The molecule has 0 fully saturated rings. The predicted octanol–water partition coefficient (Wildman–Crippen LogP) is 4.11. The van der Waals surface area contributed by atoms with Gasteiger partial charge in [-0.3, -0.25) is 0 Å². The van der Waals surface area contributed by atoms with E-state index in [2.05, 4.69) is 4.98 Å². The first-order valence-electron chi connectivity index (χ1n) is 7.42. The minimum absolute atomic E-state index is 0.0269. The van der Waals surface area contributed by atoms with Crippen molar-refractivity contribution in [1.82, 2.24) is 4.98 Å². The molecule has 5 nitrogen and oxygen atoms in total. The molecule has 0 spiro atoms. The minimum atomic E-state index is -1.05. The van der Waals surface area contributed by atoms with Gasteiger partial charge in [0.1, 0.15) is 35.5 Å². The Morgan fingerprint density at radius 2 is 1.80 bits per heavy atom. The number of ether oxygens (including phenoxy) is 2. The zero-order valence-corrected chi connectivity index (χ0v) is 13.8. The van der Waals surface area contributed by atoms with Gasteiger partial charge >= 0.3 is 5.97 Å². The van der Waals surface area contributed by atoms with Crippen LogP contribution in [0.3, 0.4) is 0 Å². The van der Waals surface area contributed by atoms with Crippen molar-refractivity contribution >= 4 is 17.3 Å². The second kappa shape index (κ2) is 7.76. The zero-order chi connectivity index (χ0) is 17.6. The monoisotopic (exact) mass is 359 g/mol. The first-order chi connectivity index (χ1) is 12.1. The summed E-state index contributed by atoms with van der Waals surface area (Å²) in [5.41, 5.74) is 0.813. The summed E-state index contributed by atoms with van der Waals surface area (Å²) in [6.07, 6.45) is 0.